The van der Waals surface area contributed by atoms with Gasteiger partial charge in [-0.3, -0.25) is 0 Å². The second kappa shape index (κ2) is 10.00. The number of ether oxygens (including phenoxy) is 1. The predicted octanol–water partition coefficient (Wildman–Crippen LogP) is 2.73. The van der Waals surface area contributed by atoms with E-state index in [2.05, 4.69) is 16.9 Å². The van der Waals surface area contributed by atoms with Crippen molar-refractivity contribution in [2.75, 3.05) is 26.2 Å². The van der Waals surface area contributed by atoms with Crippen molar-refractivity contribution in [3.8, 4) is 0 Å². The van der Waals surface area contributed by atoms with Crippen LogP contribution in [0.25, 0.3) is 0 Å². The van der Waals surface area contributed by atoms with Crippen LogP contribution in [0, 0.1) is 5.92 Å². The first-order valence-electron chi connectivity index (χ1n) is 7.83. The van der Waals surface area contributed by atoms with Crippen LogP contribution < -0.4 is 11.1 Å². The zero-order valence-electron chi connectivity index (χ0n) is 14.7. The quantitative estimate of drug-likeness (QED) is 0.306. The molecule has 0 radical (unpaired) electrons. The lowest BCUT2D eigenvalue weighted by Crippen LogP contribution is -2.46. The van der Waals surface area contributed by atoms with Crippen molar-refractivity contribution in [3.63, 3.8) is 0 Å². The molecule has 1 unspecified atom stereocenters. The molecule has 134 valence electrons. The van der Waals surface area contributed by atoms with Crippen LogP contribution in [0.1, 0.15) is 40.5 Å². The fourth-order valence-corrected chi connectivity index (χ4v) is 2.25. The molecule has 0 bridgehead atoms. The SMILES string of the molecule is C=C(C)CN=C(N)NCC1CCCN(C(=O)OC(C)(C)C)C1.I. The Balaban J connectivity index is 0.00000484. The molecule has 0 saturated carbocycles. The Morgan fingerprint density at radius 3 is 2.70 bits per heavy atom. The van der Waals surface area contributed by atoms with Crippen LogP contribution in [-0.4, -0.2) is 48.7 Å². The van der Waals surface area contributed by atoms with E-state index in [1.807, 2.05) is 27.7 Å². The summed E-state index contributed by atoms with van der Waals surface area (Å²) in [5.74, 6) is 0.789. The molecule has 6 nitrogen and oxygen atoms in total. The van der Waals surface area contributed by atoms with Gasteiger partial charge in [0.15, 0.2) is 5.96 Å². The standard InChI is InChI=1S/C16H30N4O2.HI/c1-12(2)9-18-14(17)19-10-13-7-6-8-20(11-13)15(21)22-16(3,4)5;/h13H,1,6-11H2,2-5H3,(H3,17,18,19);1H. The first kappa shape index (κ1) is 22.0. The summed E-state index contributed by atoms with van der Waals surface area (Å²) >= 11 is 0. The number of nitrogens with one attached hydrogen (secondary N) is 1. The Kier molecular flexibility index (Phi) is 9.57. The number of rotatable bonds is 4. The van der Waals surface area contributed by atoms with Crippen LogP contribution in [0.4, 0.5) is 4.79 Å². The Morgan fingerprint density at radius 1 is 1.48 bits per heavy atom. The van der Waals surface area contributed by atoms with Crippen molar-refractivity contribution in [2.24, 2.45) is 16.6 Å². The van der Waals surface area contributed by atoms with Crippen molar-refractivity contribution < 1.29 is 9.53 Å². The van der Waals surface area contributed by atoms with Crippen LogP contribution in [0.2, 0.25) is 0 Å². The Morgan fingerprint density at radius 2 is 2.13 bits per heavy atom. The number of hydrogen-bond acceptors (Lipinski definition) is 3. The van der Waals surface area contributed by atoms with Gasteiger partial charge in [0.2, 0.25) is 0 Å². The van der Waals surface area contributed by atoms with E-state index >= 15 is 0 Å². The molecule has 0 aromatic rings. The largest absolute Gasteiger partial charge is 0.444 e. The van der Waals surface area contributed by atoms with E-state index in [0.717, 1.165) is 25.0 Å². The lowest BCUT2D eigenvalue weighted by molar-refractivity contribution is 0.0168. The number of piperidine rings is 1. The summed E-state index contributed by atoms with van der Waals surface area (Å²) in [4.78, 5) is 18.1. The van der Waals surface area contributed by atoms with Crippen LogP contribution in [0.5, 0.6) is 0 Å². The number of nitrogens with zero attached hydrogens (tertiary/aromatic N) is 2. The number of aliphatic imine (C=N–C) groups is 1. The zero-order valence-corrected chi connectivity index (χ0v) is 17.1. The second-order valence-corrected chi connectivity index (χ2v) is 6.97. The highest BCUT2D eigenvalue weighted by Crippen LogP contribution is 2.18. The molecule has 3 N–H and O–H groups in total. The van der Waals surface area contributed by atoms with Gasteiger partial charge in [0.25, 0.3) is 0 Å². The van der Waals surface area contributed by atoms with E-state index in [0.29, 0.717) is 31.5 Å². The number of guanidine groups is 1. The number of amides is 1. The van der Waals surface area contributed by atoms with Gasteiger partial charge in [-0.25, -0.2) is 9.79 Å². The topological polar surface area (TPSA) is 80.0 Å². The summed E-state index contributed by atoms with van der Waals surface area (Å²) in [7, 11) is 0. The van der Waals surface area contributed by atoms with Gasteiger partial charge >= 0.3 is 6.09 Å². The van der Waals surface area contributed by atoms with Gasteiger partial charge in [-0.1, -0.05) is 12.2 Å². The molecular weight excluding hydrogens is 407 g/mol. The fraction of sp³-hybridized carbons (Fsp3) is 0.750. The molecule has 1 fully saturated rings. The minimum absolute atomic E-state index is 0. The van der Waals surface area contributed by atoms with Gasteiger partial charge < -0.3 is 20.7 Å². The number of hydrogen-bond donors (Lipinski definition) is 2. The molecule has 1 aliphatic heterocycles. The Bertz CT molecular complexity index is 432. The van der Waals surface area contributed by atoms with E-state index in [-0.39, 0.29) is 30.1 Å². The number of nitrogens with two attached hydrogens (primary N) is 1. The minimum Gasteiger partial charge on any atom is -0.444 e. The molecule has 0 aromatic carbocycles. The molecule has 1 saturated heterocycles. The number of likely N-dealkylation sites (tertiary alicyclic amines) is 1. The highest BCUT2D eigenvalue weighted by Gasteiger charge is 2.27. The fourth-order valence-electron chi connectivity index (χ4n) is 2.25. The molecule has 1 atom stereocenters. The van der Waals surface area contributed by atoms with Crippen molar-refractivity contribution in [2.45, 2.75) is 46.1 Å². The lowest BCUT2D eigenvalue weighted by Gasteiger charge is -2.34. The first-order valence-corrected chi connectivity index (χ1v) is 7.83. The van der Waals surface area contributed by atoms with Crippen LogP contribution in [0.3, 0.4) is 0 Å². The minimum atomic E-state index is -0.456. The number of halogens is 1. The third kappa shape index (κ3) is 9.68. The molecule has 0 spiro atoms. The maximum Gasteiger partial charge on any atom is 0.410 e. The van der Waals surface area contributed by atoms with Crippen molar-refractivity contribution in [1.82, 2.24) is 10.2 Å². The summed E-state index contributed by atoms with van der Waals surface area (Å²) in [6.45, 7) is 14.0. The van der Waals surface area contributed by atoms with Gasteiger partial charge in [-0.05, 0) is 46.5 Å². The van der Waals surface area contributed by atoms with Gasteiger partial charge in [-0.15, -0.1) is 24.0 Å². The van der Waals surface area contributed by atoms with E-state index in [1.54, 1.807) is 4.90 Å². The second-order valence-electron chi connectivity index (χ2n) is 6.97. The average Bonchev–Trinajstić information content (AvgIpc) is 2.41. The monoisotopic (exact) mass is 438 g/mol. The molecule has 1 amide bonds. The van der Waals surface area contributed by atoms with Gasteiger partial charge in [0.05, 0.1) is 6.54 Å². The normalized spacial score (nSPS) is 18.9. The van der Waals surface area contributed by atoms with Crippen LogP contribution >= 0.6 is 24.0 Å². The molecule has 0 aliphatic carbocycles. The zero-order chi connectivity index (χ0) is 16.8. The van der Waals surface area contributed by atoms with E-state index in [1.165, 1.54) is 0 Å². The molecule has 23 heavy (non-hydrogen) atoms. The van der Waals surface area contributed by atoms with Gasteiger partial charge in [-0.2, -0.15) is 0 Å². The number of carbonyl (C=O) groups is 1. The third-order valence-corrected chi connectivity index (χ3v) is 3.26. The molecule has 1 rings (SSSR count). The summed E-state index contributed by atoms with van der Waals surface area (Å²) < 4.78 is 5.42. The van der Waals surface area contributed by atoms with Crippen LogP contribution in [0.15, 0.2) is 17.1 Å². The van der Waals surface area contributed by atoms with E-state index in [9.17, 15) is 4.79 Å². The molecule has 7 heteroatoms. The van der Waals surface area contributed by atoms with E-state index in [4.69, 9.17) is 10.5 Å². The summed E-state index contributed by atoms with van der Waals surface area (Å²) in [5, 5.41) is 3.12. The maximum atomic E-state index is 12.1. The molecule has 0 aromatic heterocycles. The van der Waals surface area contributed by atoms with Crippen molar-refractivity contribution in [3.05, 3.63) is 12.2 Å². The molecule has 1 heterocycles. The van der Waals surface area contributed by atoms with Gasteiger partial charge in [0.1, 0.15) is 5.60 Å². The Hall–Kier alpha value is -0.990. The van der Waals surface area contributed by atoms with Crippen molar-refractivity contribution >= 4 is 36.0 Å². The third-order valence-electron chi connectivity index (χ3n) is 3.26. The van der Waals surface area contributed by atoms with E-state index < -0.39 is 5.60 Å². The lowest BCUT2D eigenvalue weighted by atomic mass is 9.98. The predicted molar refractivity (Wildman–Crippen MR) is 105 cm³/mol. The first-order chi connectivity index (χ1) is 10.2. The highest BCUT2D eigenvalue weighted by atomic mass is 127. The molecular formula is C16H31IN4O2. The summed E-state index contributed by atoms with van der Waals surface area (Å²) in [6.07, 6.45) is 1.81. The average molecular weight is 438 g/mol. The summed E-state index contributed by atoms with van der Waals surface area (Å²) in [6, 6.07) is 0. The van der Waals surface area contributed by atoms with Crippen LogP contribution in [-0.2, 0) is 4.74 Å². The smallest absolute Gasteiger partial charge is 0.410 e. The van der Waals surface area contributed by atoms with Crippen molar-refractivity contribution in [1.29, 1.82) is 0 Å². The van der Waals surface area contributed by atoms with Gasteiger partial charge in [0, 0.05) is 19.6 Å². The Labute approximate surface area is 156 Å². The summed E-state index contributed by atoms with van der Waals surface area (Å²) in [5.41, 5.74) is 6.32. The molecule has 1 aliphatic rings. The maximum absolute atomic E-state index is 12.1. The number of carbonyl (C=O) groups excluding carboxylic acids is 1. The highest BCUT2D eigenvalue weighted by molar-refractivity contribution is 14.0.